The first-order valence-electron chi connectivity index (χ1n) is 5.69. The first-order valence-corrected chi connectivity index (χ1v) is 6.06. The Morgan fingerprint density at radius 2 is 2.11 bits per heavy atom. The molecule has 3 heteroatoms. The Balaban J connectivity index is 2.00. The maximum absolute atomic E-state index is 12.2. The molecule has 0 fully saturated rings. The number of allylic oxidation sites excluding steroid dienone is 1. The maximum atomic E-state index is 12.2. The lowest BCUT2D eigenvalue weighted by Crippen LogP contribution is -1.95. The number of Topliss-reactive ketones (excluding diaryl/α,β-unsaturated/α-hetero) is 1. The van der Waals surface area contributed by atoms with E-state index in [1.807, 2.05) is 36.4 Å². The lowest BCUT2D eigenvalue weighted by Gasteiger charge is -1.95. The molecule has 2 nitrogen and oxygen atoms in total. The van der Waals surface area contributed by atoms with Crippen LogP contribution in [0.1, 0.15) is 21.6 Å². The van der Waals surface area contributed by atoms with Crippen molar-refractivity contribution < 1.29 is 4.79 Å². The van der Waals surface area contributed by atoms with Gasteiger partial charge in [0.05, 0.1) is 5.69 Å². The van der Waals surface area contributed by atoms with Crippen molar-refractivity contribution >= 4 is 23.5 Å². The molecule has 0 unspecified atom stereocenters. The van der Waals surface area contributed by atoms with E-state index in [0.717, 1.165) is 16.8 Å². The highest BCUT2D eigenvalue weighted by molar-refractivity contribution is 6.31. The van der Waals surface area contributed by atoms with Crippen LogP contribution in [0.4, 0.5) is 0 Å². The summed E-state index contributed by atoms with van der Waals surface area (Å²) in [5.41, 5.74) is 3.32. The molecule has 0 aliphatic heterocycles. The van der Waals surface area contributed by atoms with Gasteiger partial charge in [0.15, 0.2) is 5.78 Å². The van der Waals surface area contributed by atoms with E-state index in [2.05, 4.69) is 4.98 Å². The number of halogens is 1. The lowest BCUT2D eigenvalue weighted by molar-refractivity contribution is 0.104. The van der Waals surface area contributed by atoms with Crippen LogP contribution in [0.5, 0.6) is 0 Å². The highest BCUT2D eigenvalue weighted by atomic mass is 35.5. The van der Waals surface area contributed by atoms with Crippen LogP contribution in [-0.4, -0.2) is 10.8 Å². The lowest BCUT2D eigenvalue weighted by atomic mass is 10.1. The summed E-state index contributed by atoms with van der Waals surface area (Å²) in [5, 5.41) is 0.598. The normalized spacial score (nSPS) is 16.1. The molecular weight excluding hydrogens is 246 g/mol. The van der Waals surface area contributed by atoms with E-state index >= 15 is 0 Å². The number of nitrogens with zero attached hydrogens (tertiary/aromatic N) is 1. The van der Waals surface area contributed by atoms with Crippen molar-refractivity contribution in [2.75, 3.05) is 0 Å². The van der Waals surface area contributed by atoms with Gasteiger partial charge in [0.1, 0.15) is 0 Å². The first kappa shape index (κ1) is 11.2. The van der Waals surface area contributed by atoms with Gasteiger partial charge in [0.2, 0.25) is 0 Å². The Hall–Kier alpha value is -1.93. The van der Waals surface area contributed by atoms with Gasteiger partial charge in [-0.25, -0.2) is 0 Å². The Kier molecular flexibility index (Phi) is 2.73. The summed E-state index contributed by atoms with van der Waals surface area (Å²) >= 11 is 5.91. The number of aromatic nitrogens is 1. The molecule has 1 aromatic heterocycles. The minimum Gasteiger partial charge on any atom is -0.289 e. The summed E-state index contributed by atoms with van der Waals surface area (Å²) < 4.78 is 0. The molecule has 0 amide bonds. The largest absolute Gasteiger partial charge is 0.289 e. The summed E-state index contributed by atoms with van der Waals surface area (Å²) in [7, 11) is 0. The molecule has 0 N–H and O–H groups in total. The fraction of sp³-hybridized carbons (Fsp3) is 0.0667. The molecule has 0 bridgehead atoms. The van der Waals surface area contributed by atoms with Gasteiger partial charge in [0, 0.05) is 28.8 Å². The second kappa shape index (κ2) is 4.39. The smallest absolute Gasteiger partial charge is 0.189 e. The zero-order chi connectivity index (χ0) is 12.5. The Labute approximate surface area is 110 Å². The summed E-state index contributed by atoms with van der Waals surface area (Å²) in [4.78, 5) is 16.4. The number of ketones is 1. The van der Waals surface area contributed by atoms with Crippen molar-refractivity contribution in [3.05, 3.63) is 70.0 Å². The van der Waals surface area contributed by atoms with E-state index in [-0.39, 0.29) is 5.78 Å². The number of hydrogen-bond acceptors (Lipinski definition) is 2. The molecule has 0 saturated heterocycles. The van der Waals surface area contributed by atoms with Crippen molar-refractivity contribution in [1.29, 1.82) is 0 Å². The van der Waals surface area contributed by atoms with E-state index < -0.39 is 0 Å². The zero-order valence-corrected chi connectivity index (χ0v) is 10.3. The van der Waals surface area contributed by atoms with E-state index in [9.17, 15) is 4.79 Å². The highest BCUT2D eigenvalue weighted by Crippen LogP contribution is 2.29. The summed E-state index contributed by atoms with van der Waals surface area (Å²) in [5.74, 6) is 0.0538. The van der Waals surface area contributed by atoms with Crippen LogP contribution in [0.3, 0.4) is 0 Å². The number of benzene rings is 1. The standard InChI is InChI=1S/C15H10ClNO/c16-12-5-4-10-7-11(15(18)14(10)9-12)8-13-3-1-2-6-17-13/h1-6,8-9H,7H2/b11-8-. The Bertz CT molecular complexity index is 647. The highest BCUT2D eigenvalue weighted by Gasteiger charge is 2.24. The molecule has 1 aliphatic rings. The number of fused-ring (bicyclic) bond motifs is 1. The number of carbonyl (C=O) groups excluding carboxylic acids is 1. The van der Waals surface area contributed by atoms with Crippen LogP contribution in [0, 0.1) is 0 Å². The minimum atomic E-state index is 0.0538. The van der Waals surface area contributed by atoms with E-state index in [1.54, 1.807) is 12.3 Å². The summed E-state index contributed by atoms with van der Waals surface area (Å²) in [6, 6.07) is 11.1. The molecule has 1 aromatic carbocycles. The van der Waals surface area contributed by atoms with Crippen LogP contribution >= 0.6 is 11.6 Å². The van der Waals surface area contributed by atoms with Gasteiger partial charge in [-0.15, -0.1) is 0 Å². The first-order chi connectivity index (χ1) is 8.74. The van der Waals surface area contributed by atoms with Gasteiger partial charge in [-0.1, -0.05) is 23.7 Å². The molecule has 88 valence electrons. The second-order valence-corrected chi connectivity index (χ2v) is 4.67. The van der Waals surface area contributed by atoms with Crippen molar-refractivity contribution in [2.45, 2.75) is 6.42 Å². The van der Waals surface area contributed by atoms with E-state index in [4.69, 9.17) is 11.6 Å². The van der Waals surface area contributed by atoms with Crippen molar-refractivity contribution in [3.8, 4) is 0 Å². The van der Waals surface area contributed by atoms with Crippen molar-refractivity contribution in [3.63, 3.8) is 0 Å². The average molecular weight is 256 g/mol. The fourth-order valence-electron chi connectivity index (χ4n) is 2.13. The van der Waals surface area contributed by atoms with E-state index in [0.29, 0.717) is 17.0 Å². The second-order valence-electron chi connectivity index (χ2n) is 4.23. The minimum absolute atomic E-state index is 0.0538. The fourth-order valence-corrected chi connectivity index (χ4v) is 2.30. The van der Waals surface area contributed by atoms with Gasteiger partial charge in [-0.2, -0.15) is 0 Å². The molecule has 1 aliphatic carbocycles. The predicted molar refractivity (Wildman–Crippen MR) is 71.7 cm³/mol. The van der Waals surface area contributed by atoms with Gasteiger partial charge in [-0.05, 0) is 35.9 Å². The van der Waals surface area contributed by atoms with Gasteiger partial charge in [0.25, 0.3) is 0 Å². The Morgan fingerprint density at radius 3 is 2.89 bits per heavy atom. The van der Waals surface area contributed by atoms with Gasteiger partial charge in [-0.3, -0.25) is 9.78 Å². The quantitative estimate of drug-likeness (QED) is 0.730. The average Bonchev–Trinajstić information content (AvgIpc) is 2.68. The zero-order valence-electron chi connectivity index (χ0n) is 9.56. The van der Waals surface area contributed by atoms with Crippen molar-refractivity contribution in [2.24, 2.45) is 0 Å². The molecule has 0 atom stereocenters. The Morgan fingerprint density at radius 1 is 1.22 bits per heavy atom. The molecule has 18 heavy (non-hydrogen) atoms. The summed E-state index contributed by atoms with van der Waals surface area (Å²) in [6.45, 7) is 0. The van der Waals surface area contributed by atoms with E-state index in [1.165, 1.54) is 0 Å². The molecule has 1 heterocycles. The van der Waals surface area contributed by atoms with Crippen LogP contribution < -0.4 is 0 Å². The third-order valence-electron chi connectivity index (χ3n) is 3.00. The number of pyridine rings is 1. The molecule has 0 saturated carbocycles. The topological polar surface area (TPSA) is 30.0 Å². The molecule has 0 radical (unpaired) electrons. The van der Waals surface area contributed by atoms with Crippen LogP contribution in [-0.2, 0) is 6.42 Å². The predicted octanol–water partition coefficient (Wildman–Crippen LogP) is 3.56. The molecular formula is C15H10ClNO. The maximum Gasteiger partial charge on any atom is 0.189 e. The number of hydrogen-bond donors (Lipinski definition) is 0. The summed E-state index contributed by atoms with van der Waals surface area (Å²) in [6.07, 6.45) is 4.22. The monoisotopic (exact) mass is 255 g/mol. The SMILES string of the molecule is O=C1/C(=C\c2ccccn2)Cc2ccc(Cl)cc21. The van der Waals surface area contributed by atoms with Crippen LogP contribution in [0.25, 0.3) is 6.08 Å². The van der Waals surface area contributed by atoms with Gasteiger partial charge < -0.3 is 0 Å². The number of carbonyl (C=O) groups is 1. The van der Waals surface area contributed by atoms with Crippen LogP contribution in [0.15, 0.2) is 48.2 Å². The molecule has 2 aromatic rings. The third kappa shape index (κ3) is 1.95. The van der Waals surface area contributed by atoms with Crippen molar-refractivity contribution in [1.82, 2.24) is 4.98 Å². The third-order valence-corrected chi connectivity index (χ3v) is 3.23. The molecule has 3 rings (SSSR count). The molecule has 0 spiro atoms. The number of rotatable bonds is 1. The van der Waals surface area contributed by atoms with Crippen LogP contribution in [0.2, 0.25) is 5.02 Å². The van der Waals surface area contributed by atoms with Gasteiger partial charge >= 0.3 is 0 Å².